The van der Waals surface area contributed by atoms with Crippen molar-refractivity contribution in [2.45, 2.75) is 6.92 Å². The van der Waals surface area contributed by atoms with E-state index in [-0.39, 0.29) is 10.7 Å². The number of hydrogen-bond acceptors (Lipinski definition) is 5. The van der Waals surface area contributed by atoms with Crippen molar-refractivity contribution >= 4 is 62.5 Å². The third-order valence-electron chi connectivity index (χ3n) is 5.12. The van der Waals surface area contributed by atoms with E-state index in [0.717, 1.165) is 34.4 Å². The number of anilines is 2. The lowest BCUT2D eigenvalue weighted by molar-refractivity contribution is -0.122. The second-order valence-electron chi connectivity index (χ2n) is 7.07. The molecule has 0 bridgehead atoms. The van der Waals surface area contributed by atoms with Gasteiger partial charge < -0.3 is 9.64 Å². The summed E-state index contributed by atoms with van der Waals surface area (Å²) in [4.78, 5) is 29.3. The molecule has 0 radical (unpaired) electrons. The van der Waals surface area contributed by atoms with E-state index >= 15 is 0 Å². The van der Waals surface area contributed by atoms with Gasteiger partial charge in [0.1, 0.15) is 5.57 Å². The lowest BCUT2D eigenvalue weighted by Gasteiger charge is -2.30. The van der Waals surface area contributed by atoms with E-state index < -0.39 is 11.8 Å². The third kappa shape index (κ3) is 4.16. The van der Waals surface area contributed by atoms with E-state index in [9.17, 15) is 9.59 Å². The van der Waals surface area contributed by atoms with Gasteiger partial charge in [0.15, 0.2) is 5.11 Å². The third-order valence-corrected chi connectivity index (χ3v) is 5.93. The fraction of sp³-hybridized carbons (Fsp3) is 0.227. The van der Waals surface area contributed by atoms with Crippen molar-refractivity contribution in [3.63, 3.8) is 0 Å². The molecule has 2 fully saturated rings. The van der Waals surface area contributed by atoms with E-state index in [1.54, 1.807) is 18.2 Å². The van der Waals surface area contributed by atoms with Gasteiger partial charge in [0, 0.05) is 23.2 Å². The quantitative estimate of drug-likeness (QED) is 0.410. The SMILES string of the molecule is Cc1cc(N2CCOCC2)ccc1C=C1C(=O)NC(=S)N(c2ccc(Br)cc2)C1=O. The van der Waals surface area contributed by atoms with Crippen LogP contribution in [-0.4, -0.2) is 43.2 Å². The lowest BCUT2D eigenvalue weighted by atomic mass is 10.0. The molecule has 2 aliphatic heterocycles. The Morgan fingerprint density at radius 3 is 2.40 bits per heavy atom. The number of amides is 2. The first kappa shape index (κ1) is 20.7. The zero-order valence-corrected chi connectivity index (χ0v) is 18.8. The van der Waals surface area contributed by atoms with Crippen LogP contribution < -0.4 is 15.1 Å². The zero-order valence-electron chi connectivity index (χ0n) is 16.4. The van der Waals surface area contributed by atoms with Gasteiger partial charge in [0.05, 0.1) is 18.9 Å². The van der Waals surface area contributed by atoms with Crippen LogP contribution >= 0.6 is 28.1 Å². The van der Waals surface area contributed by atoms with Crippen LogP contribution in [0.2, 0.25) is 0 Å². The standard InChI is InChI=1S/C22H20BrN3O3S/c1-14-12-18(25-8-10-29-11-9-25)5-2-15(14)13-19-20(27)24-22(30)26(21(19)28)17-6-3-16(23)4-7-17/h2-7,12-13H,8-11H2,1H3,(H,24,27,30). The summed E-state index contributed by atoms with van der Waals surface area (Å²) in [6.07, 6.45) is 1.63. The van der Waals surface area contributed by atoms with Crippen LogP contribution in [0.15, 0.2) is 52.5 Å². The molecule has 0 spiro atoms. The predicted octanol–water partition coefficient (Wildman–Crippen LogP) is 3.43. The summed E-state index contributed by atoms with van der Waals surface area (Å²) >= 11 is 8.63. The molecule has 6 nitrogen and oxygen atoms in total. The first-order chi connectivity index (χ1) is 14.4. The average Bonchev–Trinajstić information content (AvgIpc) is 2.74. The van der Waals surface area contributed by atoms with Crippen LogP contribution in [0.3, 0.4) is 0 Å². The number of ether oxygens (including phenoxy) is 1. The first-order valence-corrected chi connectivity index (χ1v) is 10.7. The van der Waals surface area contributed by atoms with Crippen molar-refractivity contribution in [2.24, 2.45) is 0 Å². The van der Waals surface area contributed by atoms with Crippen molar-refractivity contribution in [3.8, 4) is 0 Å². The highest BCUT2D eigenvalue weighted by Crippen LogP contribution is 2.26. The van der Waals surface area contributed by atoms with E-state index in [1.807, 2.05) is 31.2 Å². The maximum Gasteiger partial charge on any atom is 0.270 e. The molecule has 0 saturated carbocycles. The fourth-order valence-corrected chi connectivity index (χ4v) is 4.02. The molecule has 154 valence electrons. The number of carbonyl (C=O) groups is 2. The zero-order chi connectivity index (χ0) is 21.3. The van der Waals surface area contributed by atoms with Gasteiger partial charge in [0.25, 0.3) is 11.8 Å². The number of benzene rings is 2. The summed E-state index contributed by atoms with van der Waals surface area (Å²) in [6.45, 7) is 5.09. The summed E-state index contributed by atoms with van der Waals surface area (Å²) in [6, 6.07) is 13.2. The highest BCUT2D eigenvalue weighted by atomic mass is 79.9. The molecule has 30 heavy (non-hydrogen) atoms. The minimum atomic E-state index is -0.491. The van der Waals surface area contributed by atoms with E-state index in [1.165, 1.54) is 4.90 Å². The summed E-state index contributed by atoms with van der Waals surface area (Å²) in [7, 11) is 0. The number of morpholine rings is 1. The summed E-state index contributed by atoms with van der Waals surface area (Å²) in [5.41, 5.74) is 3.55. The molecule has 2 amide bonds. The van der Waals surface area contributed by atoms with Crippen LogP contribution in [0.5, 0.6) is 0 Å². The Labute approximate surface area is 188 Å². The van der Waals surface area contributed by atoms with Gasteiger partial charge in [-0.3, -0.25) is 19.8 Å². The Balaban J connectivity index is 1.64. The van der Waals surface area contributed by atoms with Gasteiger partial charge >= 0.3 is 0 Å². The average molecular weight is 486 g/mol. The maximum absolute atomic E-state index is 13.1. The fourth-order valence-electron chi connectivity index (χ4n) is 3.48. The Morgan fingerprint density at radius 2 is 1.73 bits per heavy atom. The van der Waals surface area contributed by atoms with Crippen LogP contribution in [0, 0.1) is 6.92 Å². The highest BCUT2D eigenvalue weighted by molar-refractivity contribution is 9.10. The molecule has 4 rings (SSSR count). The normalized spacial score (nSPS) is 18.7. The molecule has 2 aliphatic rings. The van der Waals surface area contributed by atoms with E-state index in [4.69, 9.17) is 17.0 Å². The Hall–Kier alpha value is -2.55. The lowest BCUT2D eigenvalue weighted by Crippen LogP contribution is -2.54. The molecule has 1 N–H and O–H groups in total. The molecule has 0 aliphatic carbocycles. The van der Waals surface area contributed by atoms with E-state index in [2.05, 4.69) is 32.2 Å². The molecular weight excluding hydrogens is 466 g/mol. The second-order valence-corrected chi connectivity index (χ2v) is 8.38. The Morgan fingerprint density at radius 1 is 1.07 bits per heavy atom. The van der Waals surface area contributed by atoms with Crippen LogP contribution in [-0.2, 0) is 14.3 Å². The van der Waals surface area contributed by atoms with Gasteiger partial charge in [-0.05, 0) is 72.7 Å². The number of nitrogens with one attached hydrogen (secondary N) is 1. The van der Waals surface area contributed by atoms with Gasteiger partial charge in [0.2, 0.25) is 0 Å². The number of hydrogen-bond donors (Lipinski definition) is 1. The number of halogens is 1. The summed E-state index contributed by atoms with van der Waals surface area (Å²) < 4.78 is 6.30. The van der Waals surface area contributed by atoms with Gasteiger partial charge in [-0.1, -0.05) is 22.0 Å². The van der Waals surface area contributed by atoms with Gasteiger partial charge in [-0.25, -0.2) is 0 Å². The van der Waals surface area contributed by atoms with Crippen LogP contribution in [0.4, 0.5) is 11.4 Å². The summed E-state index contributed by atoms with van der Waals surface area (Å²) in [5, 5.41) is 2.69. The van der Waals surface area contributed by atoms with Crippen molar-refractivity contribution in [3.05, 3.63) is 63.6 Å². The van der Waals surface area contributed by atoms with Crippen molar-refractivity contribution in [2.75, 3.05) is 36.1 Å². The molecule has 8 heteroatoms. The van der Waals surface area contributed by atoms with Gasteiger partial charge in [-0.2, -0.15) is 0 Å². The number of nitrogens with zero attached hydrogens (tertiary/aromatic N) is 2. The number of thiocarbonyl (C=S) groups is 1. The van der Waals surface area contributed by atoms with Crippen molar-refractivity contribution in [1.82, 2.24) is 5.32 Å². The monoisotopic (exact) mass is 485 g/mol. The smallest absolute Gasteiger partial charge is 0.270 e. The first-order valence-electron chi connectivity index (χ1n) is 9.54. The number of aryl methyl sites for hydroxylation is 1. The van der Waals surface area contributed by atoms with Crippen molar-refractivity contribution < 1.29 is 14.3 Å². The summed E-state index contributed by atoms with van der Waals surface area (Å²) in [5.74, 6) is -0.933. The molecule has 0 atom stereocenters. The Kier molecular flexibility index (Phi) is 5.99. The number of rotatable bonds is 3. The van der Waals surface area contributed by atoms with E-state index in [0.29, 0.717) is 18.9 Å². The van der Waals surface area contributed by atoms with Crippen molar-refractivity contribution in [1.29, 1.82) is 0 Å². The number of carbonyl (C=O) groups excluding carboxylic acids is 2. The minimum absolute atomic E-state index is 0.0498. The minimum Gasteiger partial charge on any atom is -0.378 e. The van der Waals surface area contributed by atoms with Gasteiger partial charge in [-0.15, -0.1) is 0 Å². The topological polar surface area (TPSA) is 61.9 Å². The molecule has 2 aromatic rings. The maximum atomic E-state index is 13.1. The molecule has 0 unspecified atom stereocenters. The molecule has 0 aromatic heterocycles. The molecule has 2 saturated heterocycles. The predicted molar refractivity (Wildman–Crippen MR) is 125 cm³/mol. The van der Waals surface area contributed by atoms with Crippen LogP contribution in [0.1, 0.15) is 11.1 Å². The highest BCUT2D eigenvalue weighted by Gasteiger charge is 2.34. The van der Waals surface area contributed by atoms with Crippen LogP contribution in [0.25, 0.3) is 6.08 Å². The molecule has 2 aromatic carbocycles. The largest absolute Gasteiger partial charge is 0.378 e. The molecular formula is C22H20BrN3O3S. The molecule has 2 heterocycles. The Bertz CT molecular complexity index is 1050. The second kappa shape index (κ2) is 8.67.